The summed E-state index contributed by atoms with van der Waals surface area (Å²) in [5.74, 6) is 2.19. The van der Waals surface area contributed by atoms with E-state index in [1.807, 2.05) is 49.7 Å². The zero-order chi connectivity index (χ0) is 17.1. The Morgan fingerprint density at radius 3 is 2.58 bits per heavy atom. The smallest absolute Gasteiger partial charge is 0.140 e. The molecule has 0 aliphatic carbocycles. The number of hydrogen-bond acceptors (Lipinski definition) is 4. The van der Waals surface area contributed by atoms with Gasteiger partial charge in [0.1, 0.15) is 17.4 Å². The standard InChI is InChI=1S/C18H23N5O/c1-4-22-9-7-19-17(22)13-23-10-8-20-18(23)14-5-6-16(24)15(11-14)12-21(2)3/h5-11,24H,4,12-13H2,1-3H3. The fourth-order valence-electron chi connectivity index (χ4n) is 2.82. The van der Waals surface area contributed by atoms with E-state index in [2.05, 4.69) is 26.0 Å². The molecule has 1 N–H and O–H groups in total. The molecule has 0 unspecified atom stereocenters. The SMILES string of the molecule is CCn1ccnc1Cn1ccnc1-c1ccc(O)c(CN(C)C)c1. The minimum Gasteiger partial charge on any atom is -0.508 e. The van der Waals surface area contributed by atoms with Crippen molar-refractivity contribution in [2.24, 2.45) is 0 Å². The monoisotopic (exact) mass is 325 g/mol. The third-order valence-corrected chi connectivity index (χ3v) is 3.99. The third kappa shape index (κ3) is 3.33. The molecule has 2 heterocycles. The lowest BCUT2D eigenvalue weighted by Gasteiger charge is -2.14. The zero-order valence-electron chi connectivity index (χ0n) is 14.3. The topological polar surface area (TPSA) is 59.1 Å². The highest BCUT2D eigenvalue weighted by molar-refractivity contribution is 5.59. The largest absolute Gasteiger partial charge is 0.508 e. The van der Waals surface area contributed by atoms with E-state index < -0.39 is 0 Å². The van der Waals surface area contributed by atoms with Crippen molar-refractivity contribution in [3.8, 4) is 17.1 Å². The molecule has 0 aliphatic rings. The van der Waals surface area contributed by atoms with Gasteiger partial charge in [-0.3, -0.25) is 0 Å². The van der Waals surface area contributed by atoms with Gasteiger partial charge in [0, 0.05) is 49.0 Å². The Bertz CT molecular complexity index is 818. The number of aromatic hydroxyl groups is 1. The molecule has 0 radical (unpaired) electrons. The highest BCUT2D eigenvalue weighted by Gasteiger charge is 2.12. The average molecular weight is 325 g/mol. The van der Waals surface area contributed by atoms with Crippen LogP contribution in [-0.2, 0) is 19.6 Å². The van der Waals surface area contributed by atoms with Crippen molar-refractivity contribution >= 4 is 0 Å². The van der Waals surface area contributed by atoms with Crippen molar-refractivity contribution in [2.75, 3.05) is 14.1 Å². The first-order chi connectivity index (χ1) is 11.6. The van der Waals surface area contributed by atoms with Crippen LogP contribution < -0.4 is 0 Å². The Morgan fingerprint density at radius 1 is 1.08 bits per heavy atom. The lowest BCUT2D eigenvalue weighted by atomic mass is 10.1. The van der Waals surface area contributed by atoms with E-state index in [9.17, 15) is 5.11 Å². The molecule has 2 aromatic heterocycles. The van der Waals surface area contributed by atoms with Gasteiger partial charge in [-0.05, 0) is 39.2 Å². The molecule has 126 valence electrons. The van der Waals surface area contributed by atoms with Gasteiger partial charge < -0.3 is 19.1 Å². The zero-order valence-corrected chi connectivity index (χ0v) is 14.3. The van der Waals surface area contributed by atoms with E-state index in [1.165, 1.54) is 0 Å². The van der Waals surface area contributed by atoms with E-state index in [0.29, 0.717) is 18.8 Å². The maximum atomic E-state index is 10.1. The minimum absolute atomic E-state index is 0.312. The molecule has 0 saturated heterocycles. The quantitative estimate of drug-likeness (QED) is 0.757. The lowest BCUT2D eigenvalue weighted by molar-refractivity contribution is 0.386. The maximum Gasteiger partial charge on any atom is 0.140 e. The minimum atomic E-state index is 0.312. The highest BCUT2D eigenvalue weighted by atomic mass is 16.3. The number of benzene rings is 1. The lowest BCUT2D eigenvalue weighted by Crippen LogP contribution is -2.11. The van der Waals surface area contributed by atoms with Gasteiger partial charge in [0.25, 0.3) is 0 Å². The van der Waals surface area contributed by atoms with Crippen LogP contribution in [0.3, 0.4) is 0 Å². The first-order valence-corrected chi connectivity index (χ1v) is 8.06. The molecular weight excluding hydrogens is 302 g/mol. The summed E-state index contributed by atoms with van der Waals surface area (Å²) in [5.41, 5.74) is 1.88. The van der Waals surface area contributed by atoms with Gasteiger partial charge in [0.2, 0.25) is 0 Å². The van der Waals surface area contributed by atoms with E-state index >= 15 is 0 Å². The predicted octanol–water partition coefficient (Wildman–Crippen LogP) is 2.58. The Kier molecular flexibility index (Phi) is 4.66. The van der Waals surface area contributed by atoms with Crippen LogP contribution in [0.5, 0.6) is 5.75 Å². The van der Waals surface area contributed by atoms with Crippen LogP contribution in [0.15, 0.2) is 43.0 Å². The number of phenolic OH excluding ortho intramolecular Hbond substituents is 1. The number of aromatic nitrogens is 4. The molecule has 6 nitrogen and oxygen atoms in total. The molecule has 6 heteroatoms. The molecule has 0 atom stereocenters. The summed E-state index contributed by atoms with van der Waals surface area (Å²) in [7, 11) is 3.97. The van der Waals surface area contributed by atoms with E-state index in [4.69, 9.17) is 0 Å². The molecule has 0 amide bonds. The molecule has 0 spiro atoms. The number of imidazole rings is 2. The van der Waals surface area contributed by atoms with Gasteiger partial charge in [-0.25, -0.2) is 9.97 Å². The molecule has 0 bridgehead atoms. The van der Waals surface area contributed by atoms with Crippen molar-refractivity contribution in [3.63, 3.8) is 0 Å². The second kappa shape index (κ2) is 6.88. The van der Waals surface area contributed by atoms with Gasteiger partial charge in [-0.1, -0.05) is 0 Å². The van der Waals surface area contributed by atoms with Gasteiger partial charge in [0.05, 0.1) is 6.54 Å². The molecule has 1 aromatic carbocycles. The summed E-state index contributed by atoms with van der Waals surface area (Å²) in [6, 6.07) is 5.64. The van der Waals surface area contributed by atoms with E-state index in [1.54, 1.807) is 12.3 Å². The number of nitrogens with zero attached hydrogens (tertiary/aromatic N) is 5. The highest BCUT2D eigenvalue weighted by Crippen LogP contribution is 2.26. The molecule has 0 saturated carbocycles. The predicted molar refractivity (Wildman–Crippen MR) is 93.7 cm³/mol. The van der Waals surface area contributed by atoms with Crippen molar-refractivity contribution in [1.29, 1.82) is 0 Å². The molecule has 24 heavy (non-hydrogen) atoms. The normalized spacial score (nSPS) is 11.3. The van der Waals surface area contributed by atoms with Crippen LogP contribution in [-0.4, -0.2) is 43.2 Å². The fourth-order valence-corrected chi connectivity index (χ4v) is 2.82. The molecular formula is C18H23N5O. The Balaban J connectivity index is 1.93. The Labute approximate surface area is 142 Å². The van der Waals surface area contributed by atoms with E-state index in [0.717, 1.165) is 29.3 Å². The summed E-state index contributed by atoms with van der Waals surface area (Å²) >= 11 is 0. The summed E-state index contributed by atoms with van der Waals surface area (Å²) in [5, 5.41) is 10.1. The number of rotatable bonds is 6. The Hall–Kier alpha value is -2.60. The number of aryl methyl sites for hydroxylation is 1. The summed E-state index contributed by atoms with van der Waals surface area (Å²) in [6.07, 6.45) is 7.57. The van der Waals surface area contributed by atoms with Crippen molar-refractivity contribution in [2.45, 2.75) is 26.6 Å². The summed E-state index contributed by atoms with van der Waals surface area (Å²) in [4.78, 5) is 11.0. The van der Waals surface area contributed by atoms with Gasteiger partial charge in [-0.2, -0.15) is 0 Å². The van der Waals surface area contributed by atoms with Crippen molar-refractivity contribution in [1.82, 2.24) is 24.0 Å². The summed E-state index contributed by atoms with van der Waals surface area (Å²) < 4.78 is 4.21. The van der Waals surface area contributed by atoms with Gasteiger partial charge >= 0.3 is 0 Å². The Morgan fingerprint density at radius 2 is 1.83 bits per heavy atom. The van der Waals surface area contributed by atoms with Crippen LogP contribution >= 0.6 is 0 Å². The second-order valence-electron chi connectivity index (χ2n) is 6.09. The third-order valence-electron chi connectivity index (χ3n) is 3.99. The van der Waals surface area contributed by atoms with Crippen LogP contribution in [0, 0.1) is 0 Å². The second-order valence-corrected chi connectivity index (χ2v) is 6.09. The maximum absolute atomic E-state index is 10.1. The number of phenols is 1. The van der Waals surface area contributed by atoms with Gasteiger partial charge in [0.15, 0.2) is 0 Å². The van der Waals surface area contributed by atoms with Crippen LogP contribution in [0.2, 0.25) is 0 Å². The van der Waals surface area contributed by atoms with Crippen molar-refractivity contribution < 1.29 is 5.11 Å². The molecule has 3 aromatic rings. The van der Waals surface area contributed by atoms with Crippen LogP contribution in [0.1, 0.15) is 18.3 Å². The fraction of sp³-hybridized carbons (Fsp3) is 0.333. The van der Waals surface area contributed by atoms with Crippen LogP contribution in [0.25, 0.3) is 11.4 Å². The average Bonchev–Trinajstić information content (AvgIpc) is 3.18. The molecule has 0 aliphatic heterocycles. The first-order valence-electron chi connectivity index (χ1n) is 8.06. The van der Waals surface area contributed by atoms with Crippen molar-refractivity contribution in [3.05, 3.63) is 54.4 Å². The van der Waals surface area contributed by atoms with E-state index in [-0.39, 0.29) is 0 Å². The molecule has 3 rings (SSSR count). The van der Waals surface area contributed by atoms with Gasteiger partial charge in [-0.15, -0.1) is 0 Å². The molecule has 0 fully saturated rings. The summed E-state index contributed by atoms with van der Waals surface area (Å²) in [6.45, 7) is 4.35. The number of hydrogen-bond donors (Lipinski definition) is 1. The first kappa shape index (κ1) is 16.3. The van der Waals surface area contributed by atoms with Crippen LogP contribution in [0.4, 0.5) is 0 Å².